The molecule has 0 aliphatic carbocycles. The lowest BCUT2D eigenvalue weighted by Crippen LogP contribution is -2.30. The Labute approximate surface area is 103 Å². The fourth-order valence-corrected chi connectivity index (χ4v) is 1.54. The number of hydrogen-bond donors (Lipinski definition) is 2. The second-order valence-corrected chi connectivity index (χ2v) is 3.96. The number of amides is 1. The third-order valence-corrected chi connectivity index (χ3v) is 2.31. The maximum absolute atomic E-state index is 12.9. The lowest BCUT2D eigenvalue weighted by atomic mass is 10.2. The van der Waals surface area contributed by atoms with Gasteiger partial charge in [0.05, 0.1) is 0 Å². The highest BCUT2D eigenvalue weighted by molar-refractivity contribution is 5.91. The Morgan fingerprint density at radius 3 is 2.33 bits per heavy atom. The smallest absolute Gasteiger partial charge is 0.225 e. The van der Waals surface area contributed by atoms with Crippen molar-refractivity contribution in [2.24, 2.45) is 0 Å². The third-order valence-electron chi connectivity index (χ3n) is 2.31. The van der Waals surface area contributed by atoms with Crippen LogP contribution in [0.2, 0.25) is 0 Å². The van der Waals surface area contributed by atoms with E-state index in [1.807, 2.05) is 13.8 Å². The average Bonchev–Trinajstić information content (AvgIpc) is 2.25. The lowest BCUT2D eigenvalue weighted by molar-refractivity contribution is -0.116. The first-order valence-electron chi connectivity index (χ1n) is 5.61. The van der Waals surface area contributed by atoms with Crippen LogP contribution >= 0.6 is 0 Å². The maximum atomic E-state index is 12.9. The van der Waals surface area contributed by atoms with Gasteiger partial charge in [-0.15, -0.1) is 0 Å². The maximum Gasteiger partial charge on any atom is 0.225 e. The van der Waals surface area contributed by atoms with Crippen LogP contribution in [0, 0.1) is 17.5 Å². The van der Waals surface area contributed by atoms with Crippen molar-refractivity contribution in [3.05, 3.63) is 29.6 Å². The van der Waals surface area contributed by atoms with Crippen molar-refractivity contribution in [2.45, 2.75) is 26.3 Å². The van der Waals surface area contributed by atoms with E-state index < -0.39 is 23.4 Å². The molecule has 100 valence electrons. The Morgan fingerprint density at radius 2 is 1.83 bits per heavy atom. The molecular formula is C12H15F3N2O. The summed E-state index contributed by atoms with van der Waals surface area (Å²) in [5.74, 6) is -4.60. The van der Waals surface area contributed by atoms with E-state index in [1.54, 1.807) is 0 Å². The van der Waals surface area contributed by atoms with Gasteiger partial charge in [0.15, 0.2) is 17.5 Å². The van der Waals surface area contributed by atoms with Crippen LogP contribution in [0.15, 0.2) is 12.1 Å². The van der Waals surface area contributed by atoms with E-state index in [9.17, 15) is 18.0 Å². The van der Waals surface area contributed by atoms with Crippen molar-refractivity contribution in [3.63, 3.8) is 0 Å². The number of rotatable bonds is 5. The lowest BCUT2D eigenvalue weighted by Gasteiger charge is -2.12. The summed E-state index contributed by atoms with van der Waals surface area (Å²) < 4.78 is 38.5. The van der Waals surface area contributed by atoms with Crippen molar-refractivity contribution >= 4 is 11.6 Å². The van der Waals surface area contributed by atoms with Crippen LogP contribution in [-0.2, 0) is 4.79 Å². The summed E-state index contributed by atoms with van der Waals surface area (Å²) in [7, 11) is 0. The molecule has 6 heteroatoms. The topological polar surface area (TPSA) is 41.1 Å². The number of anilines is 1. The van der Waals surface area contributed by atoms with Crippen molar-refractivity contribution in [1.82, 2.24) is 5.32 Å². The molecule has 1 amide bonds. The molecule has 1 unspecified atom stereocenters. The molecule has 18 heavy (non-hydrogen) atoms. The van der Waals surface area contributed by atoms with Crippen LogP contribution in [0.3, 0.4) is 0 Å². The van der Waals surface area contributed by atoms with E-state index in [4.69, 9.17) is 0 Å². The van der Waals surface area contributed by atoms with Crippen LogP contribution in [0.5, 0.6) is 0 Å². The van der Waals surface area contributed by atoms with E-state index >= 15 is 0 Å². The fourth-order valence-electron chi connectivity index (χ4n) is 1.54. The molecule has 1 aromatic rings. The first-order chi connectivity index (χ1) is 8.43. The molecule has 0 fully saturated rings. The molecule has 1 aromatic carbocycles. The minimum atomic E-state index is -1.55. The Balaban J connectivity index is 2.65. The number of hydrogen-bond acceptors (Lipinski definition) is 2. The van der Waals surface area contributed by atoms with Crippen molar-refractivity contribution in [3.8, 4) is 0 Å². The quantitative estimate of drug-likeness (QED) is 0.798. The van der Waals surface area contributed by atoms with Crippen LogP contribution in [0.1, 0.15) is 20.3 Å². The van der Waals surface area contributed by atoms with Crippen LogP contribution in [-0.4, -0.2) is 18.5 Å². The number of carbonyl (C=O) groups is 1. The fraction of sp³-hybridized carbons (Fsp3) is 0.417. The molecule has 0 aromatic heterocycles. The summed E-state index contributed by atoms with van der Waals surface area (Å²) in [5.41, 5.74) is -0.0971. The summed E-state index contributed by atoms with van der Waals surface area (Å²) in [6.45, 7) is 4.43. The summed E-state index contributed by atoms with van der Waals surface area (Å²) >= 11 is 0. The molecule has 0 heterocycles. The average molecular weight is 260 g/mol. The van der Waals surface area contributed by atoms with Gasteiger partial charge >= 0.3 is 0 Å². The molecule has 0 saturated heterocycles. The van der Waals surface area contributed by atoms with E-state index in [2.05, 4.69) is 10.6 Å². The first-order valence-corrected chi connectivity index (χ1v) is 5.61. The minimum absolute atomic E-state index is 0.0508. The molecule has 0 aliphatic rings. The molecule has 0 aliphatic heterocycles. The van der Waals surface area contributed by atoms with Gasteiger partial charge in [0.1, 0.15) is 0 Å². The Bertz CT molecular complexity index is 414. The van der Waals surface area contributed by atoms with Gasteiger partial charge < -0.3 is 10.6 Å². The highest BCUT2D eigenvalue weighted by Crippen LogP contribution is 2.17. The molecule has 1 rings (SSSR count). The normalized spacial score (nSPS) is 12.3. The van der Waals surface area contributed by atoms with E-state index in [-0.39, 0.29) is 18.2 Å². The molecule has 3 nitrogen and oxygen atoms in total. The van der Waals surface area contributed by atoms with Gasteiger partial charge in [-0.05, 0) is 13.5 Å². The van der Waals surface area contributed by atoms with Crippen molar-refractivity contribution in [2.75, 3.05) is 11.9 Å². The zero-order valence-corrected chi connectivity index (χ0v) is 10.2. The van der Waals surface area contributed by atoms with Gasteiger partial charge in [-0.3, -0.25) is 4.79 Å². The second-order valence-electron chi connectivity index (χ2n) is 3.96. The number of nitrogens with one attached hydrogen (secondary N) is 2. The Hall–Kier alpha value is -1.56. The second kappa shape index (κ2) is 6.39. The standard InChI is InChI=1S/C12H15F3N2O/c1-3-16-7(2)4-11(18)17-8-5-9(13)12(15)10(14)6-8/h5-7,16H,3-4H2,1-2H3,(H,17,18). The molecule has 1 atom stereocenters. The van der Waals surface area contributed by atoms with Gasteiger partial charge in [-0.25, -0.2) is 13.2 Å². The van der Waals surface area contributed by atoms with E-state index in [0.717, 1.165) is 12.1 Å². The van der Waals surface area contributed by atoms with Crippen LogP contribution in [0.25, 0.3) is 0 Å². The largest absolute Gasteiger partial charge is 0.326 e. The minimum Gasteiger partial charge on any atom is -0.326 e. The number of carbonyl (C=O) groups excluding carboxylic acids is 1. The monoisotopic (exact) mass is 260 g/mol. The SMILES string of the molecule is CCNC(C)CC(=O)Nc1cc(F)c(F)c(F)c1. The van der Waals surface area contributed by atoms with E-state index in [1.165, 1.54) is 0 Å². The third kappa shape index (κ3) is 4.03. The number of benzene rings is 1. The van der Waals surface area contributed by atoms with Gasteiger partial charge in [0.2, 0.25) is 5.91 Å². The summed E-state index contributed by atoms with van der Waals surface area (Å²) in [4.78, 5) is 11.5. The molecule has 0 saturated carbocycles. The van der Waals surface area contributed by atoms with Gasteiger partial charge in [-0.2, -0.15) is 0 Å². The van der Waals surface area contributed by atoms with Gasteiger partial charge in [0, 0.05) is 30.3 Å². The molecule has 2 N–H and O–H groups in total. The highest BCUT2D eigenvalue weighted by Gasteiger charge is 2.13. The number of halogens is 3. The summed E-state index contributed by atoms with van der Waals surface area (Å²) in [6, 6.07) is 1.44. The Kier molecular flexibility index (Phi) is 5.15. The molecule has 0 bridgehead atoms. The van der Waals surface area contributed by atoms with Crippen molar-refractivity contribution < 1.29 is 18.0 Å². The van der Waals surface area contributed by atoms with Gasteiger partial charge in [-0.1, -0.05) is 6.92 Å². The predicted molar refractivity (Wildman–Crippen MR) is 62.7 cm³/mol. The Morgan fingerprint density at radius 1 is 1.28 bits per heavy atom. The van der Waals surface area contributed by atoms with Crippen molar-refractivity contribution in [1.29, 1.82) is 0 Å². The molecule has 0 radical (unpaired) electrons. The van der Waals surface area contributed by atoms with Gasteiger partial charge in [0.25, 0.3) is 0 Å². The summed E-state index contributed by atoms with van der Waals surface area (Å²) in [5, 5.41) is 5.34. The summed E-state index contributed by atoms with van der Waals surface area (Å²) in [6.07, 6.45) is 0.161. The first kappa shape index (κ1) is 14.5. The van der Waals surface area contributed by atoms with Crippen LogP contribution < -0.4 is 10.6 Å². The molecule has 0 spiro atoms. The highest BCUT2D eigenvalue weighted by atomic mass is 19.2. The zero-order chi connectivity index (χ0) is 13.7. The molecular weight excluding hydrogens is 245 g/mol. The van der Waals surface area contributed by atoms with Crippen LogP contribution in [0.4, 0.5) is 18.9 Å². The zero-order valence-electron chi connectivity index (χ0n) is 10.2. The van der Waals surface area contributed by atoms with E-state index in [0.29, 0.717) is 6.54 Å². The predicted octanol–water partition coefficient (Wildman–Crippen LogP) is 2.43.